The van der Waals surface area contributed by atoms with Gasteiger partial charge in [0.05, 0.1) is 0 Å². The molecule has 0 saturated carbocycles. The van der Waals surface area contributed by atoms with Crippen LogP contribution in [-0.4, -0.2) is 57.5 Å². The Morgan fingerprint density at radius 2 is 2.20 bits per heavy atom. The zero-order valence-corrected chi connectivity index (χ0v) is 11.8. The number of aromatic nitrogens is 1. The van der Waals surface area contributed by atoms with E-state index < -0.39 is 0 Å². The predicted octanol–water partition coefficient (Wildman–Crippen LogP) is 1.49. The number of likely N-dealkylation sites (N-methyl/N-ethyl adjacent to an activating group) is 1. The summed E-state index contributed by atoms with van der Waals surface area (Å²) >= 11 is 0. The molecule has 2 saturated heterocycles. The third kappa shape index (κ3) is 2.26. The number of nitrogens with zero attached hydrogens (tertiary/aromatic N) is 3. The van der Waals surface area contributed by atoms with Crippen LogP contribution in [0.1, 0.15) is 36.7 Å². The summed E-state index contributed by atoms with van der Waals surface area (Å²) in [5.74, 6) is -0.137. The largest absolute Gasteiger partial charge is 0.505 e. The quantitative estimate of drug-likeness (QED) is 0.888. The van der Waals surface area contributed by atoms with Crippen LogP contribution in [0.3, 0.4) is 0 Å². The Labute approximate surface area is 119 Å². The second-order valence-electron chi connectivity index (χ2n) is 5.65. The minimum Gasteiger partial charge on any atom is -0.505 e. The number of rotatable bonds is 2. The van der Waals surface area contributed by atoms with Gasteiger partial charge in [-0.3, -0.25) is 4.79 Å². The lowest BCUT2D eigenvalue weighted by molar-refractivity contribution is 0.0662. The van der Waals surface area contributed by atoms with Gasteiger partial charge >= 0.3 is 0 Å². The third-order valence-corrected chi connectivity index (χ3v) is 4.54. The van der Waals surface area contributed by atoms with Crippen molar-refractivity contribution in [3.63, 3.8) is 0 Å². The summed E-state index contributed by atoms with van der Waals surface area (Å²) in [5.41, 5.74) is 0.189. The molecule has 2 bridgehead atoms. The molecule has 3 rings (SSSR count). The molecule has 1 N–H and O–H groups in total. The minimum atomic E-state index is -0.117. The molecule has 1 aromatic rings. The smallest absolute Gasteiger partial charge is 0.276 e. The van der Waals surface area contributed by atoms with Crippen LogP contribution in [0, 0.1) is 0 Å². The standard InChI is InChI=1S/C15H21N3O2/c1-2-17-9-7-11-5-6-12(10-17)18(11)15(20)14-13(19)4-3-8-16-14/h3-4,8,11-12,19H,2,5-7,9-10H2,1H3. The third-order valence-electron chi connectivity index (χ3n) is 4.54. The first kappa shape index (κ1) is 13.4. The molecule has 3 heterocycles. The number of pyridine rings is 1. The molecule has 5 heteroatoms. The van der Waals surface area contributed by atoms with E-state index in [1.165, 1.54) is 6.07 Å². The zero-order valence-electron chi connectivity index (χ0n) is 11.8. The van der Waals surface area contributed by atoms with Crippen molar-refractivity contribution in [1.29, 1.82) is 0 Å². The Kier molecular flexibility index (Phi) is 3.61. The molecule has 0 spiro atoms. The number of carbonyl (C=O) groups is 1. The van der Waals surface area contributed by atoms with Gasteiger partial charge in [-0.1, -0.05) is 6.92 Å². The highest BCUT2D eigenvalue weighted by atomic mass is 16.3. The Morgan fingerprint density at radius 3 is 2.95 bits per heavy atom. The Hall–Kier alpha value is -1.62. The van der Waals surface area contributed by atoms with Gasteiger partial charge in [0.15, 0.2) is 5.69 Å². The fraction of sp³-hybridized carbons (Fsp3) is 0.600. The van der Waals surface area contributed by atoms with E-state index in [1.807, 2.05) is 4.90 Å². The Morgan fingerprint density at radius 1 is 1.40 bits per heavy atom. The van der Waals surface area contributed by atoms with E-state index in [2.05, 4.69) is 16.8 Å². The normalized spacial score (nSPS) is 26.6. The van der Waals surface area contributed by atoms with Gasteiger partial charge in [0, 0.05) is 31.4 Å². The first-order valence-electron chi connectivity index (χ1n) is 7.39. The van der Waals surface area contributed by atoms with E-state index >= 15 is 0 Å². The topological polar surface area (TPSA) is 56.7 Å². The van der Waals surface area contributed by atoms with Gasteiger partial charge in [-0.15, -0.1) is 0 Å². The molecule has 0 aromatic carbocycles. The van der Waals surface area contributed by atoms with Gasteiger partial charge in [-0.05, 0) is 37.9 Å². The molecule has 2 aliphatic heterocycles. The molecule has 2 unspecified atom stereocenters. The molecule has 2 fully saturated rings. The van der Waals surface area contributed by atoms with E-state index in [1.54, 1.807) is 12.3 Å². The number of likely N-dealkylation sites (tertiary alicyclic amines) is 1. The maximum atomic E-state index is 12.7. The second-order valence-corrected chi connectivity index (χ2v) is 5.65. The Balaban J connectivity index is 1.86. The molecular weight excluding hydrogens is 254 g/mol. The highest BCUT2D eigenvalue weighted by molar-refractivity contribution is 5.95. The fourth-order valence-corrected chi connectivity index (χ4v) is 3.45. The molecule has 0 radical (unpaired) electrons. The summed E-state index contributed by atoms with van der Waals surface area (Å²) in [6.07, 6.45) is 4.71. The monoisotopic (exact) mass is 275 g/mol. The molecule has 2 aliphatic rings. The van der Waals surface area contributed by atoms with Gasteiger partial charge in [-0.25, -0.2) is 4.98 Å². The number of fused-ring (bicyclic) bond motifs is 2. The molecule has 108 valence electrons. The minimum absolute atomic E-state index is 0.0199. The summed E-state index contributed by atoms with van der Waals surface area (Å²) < 4.78 is 0. The summed E-state index contributed by atoms with van der Waals surface area (Å²) in [6, 6.07) is 3.72. The predicted molar refractivity (Wildman–Crippen MR) is 75.6 cm³/mol. The first-order chi connectivity index (χ1) is 9.70. The van der Waals surface area contributed by atoms with Crippen molar-refractivity contribution in [1.82, 2.24) is 14.8 Å². The van der Waals surface area contributed by atoms with Crippen molar-refractivity contribution in [3.05, 3.63) is 24.0 Å². The summed E-state index contributed by atoms with van der Waals surface area (Å²) in [6.45, 7) is 5.18. The molecule has 0 aliphatic carbocycles. The molecule has 5 nitrogen and oxygen atoms in total. The van der Waals surface area contributed by atoms with Gasteiger partial charge in [0.25, 0.3) is 5.91 Å². The first-order valence-corrected chi connectivity index (χ1v) is 7.39. The highest BCUT2D eigenvalue weighted by Crippen LogP contribution is 2.32. The number of hydrogen-bond donors (Lipinski definition) is 1. The van der Waals surface area contributed by atoms with E-state index in [-0.39, 0.29) is 23.4 Å². The number of hydrogen-bond acceptors (Lipinski definition) is 4. The summed E-state index contributed by atoms with van der Waals surface area (Å²) in [7, 11) is 0. The second kappa shape index (κ2) is 5.40. The van der Waals surface area contributed by atoms with Crippen LogP contribution in [-0.2, 0) is 0 Å². The molecule has 2 atom stereocenters. The van der Waals surface area contributed by atoms with Crippen LogP contribution < -0.4 is 0 Å². The number of amides is 1. The van der Waals surface area contributed by atoms with Gasteiger partial charge in [-0.2, -0.15) is 0 Å². The van der Waals surface area contributed by atoms with Crippen molar-refractivity contribution in [2.45, 2.75) is 38.3 Å². The average molecular weight is 275 g/mol. The number of aromatic hydroxyl groups is 1. The van der Waals surface area contributed by atoms with Crippen molar-refractivity contribution < 1.29 is 9.90 Å². The summed E-state index contributed by atoms with van der Waals surface area (Å²) in [5, 5.41) is 9.85. The van der Waals surface area contributed by atoms with Crippen LogP contribution in [0.2, 0.25) is 0 Å². The fourth-order valence-electron chi connectivity index (χ4n) is 3.45. The van der Waals surface area contributed by atoms with Crippen molar-refractivity contribution in [2.75, 3.05) is 19.6 Å². The lowest BCUT2D eigenvalue weighted by Crippen LogP contribution is -2.43. The molecular formula is C15H21N3O2. The molecule has 1 aromatic heterocycles. The lowest BCUT2D eigenvalue weighted by Gasteiger charge is -2.28. The van der Waals surface area contributed by atoms with Crippen molar-refractivity contribution in [2.24, 2.45) is 0 Å². The van der Waals surface area contributed by atoms with Gasteiger partial charge in [0.1, 0.15) is 5.75 Å². The number of carbonyl (C=O) groups excluding carboxylic acids is 1. The highest BCUT2D eigenvalue weighted by Gasteiger charge is 2.40. The Bertz CT molecular complexity index is 506. The average Bonchev–Trinajstić information content (AvgIpc) is 2.74. The van der Waals surface area contributed by atoms with Gasteiger partial charge in [0.2, 0.25) is 0 Å². The molecule has 20 heavy (non-hydrogen) atoms. The van der Waals surface area contributed by atoms with Gasteiger partial charge < -0.3 is 14.9 Å². The van der Waals surface area contributed by atoms with E-state index in [0.717, 1.165) is 38.9 Å². The van der Waals surface area contributed by atoms with E-state index in [9.17, 15) is 9.90 Å². The van der Waals surface area contributed by atoms with Crippen LogP contribution in [0.15, 0.2) is 18.3 Å². The van der Waals surface area contributed by atoms with E-state index in [4.69, 9.17) is 0 Å². The van der Waals surface area contributed by atoms with Crippen LogP contribution in [0.4, 0.5) is 0 Å². The maximum absolute atomic E-state index is 12.7. The van der Waals surface area contributed by atoms with E-state index in [0.29, 0.717) is 6.04 Å². The van der Waals surface area contributed by atoms with Crippen LogP contribution in [0.25, 0.3) is 0 Å². The zero-order chi connectivity index (χ0) is 14.1. The lowest BCUT2D eigenvalue weighted by atomic mass is 10.1. The van der Waals surface area contributed by atoms with Crippen LogP contribution in [0.5, 0.6) is 5.75 Å². The summed E-state index contributed by atoms with van der Waals surface area (Å²) in [4.78, 5) is 21.2. The SMILES string of the molecule is CCN1CCC2CCC(C1)N2C(=O)c1ncccc1O. The maximum Gasteiger partial charge on any atom is 0.276 e. The van der Waals surface area contributed by atoms with Crippen molar-refractivity contribution in [3.8, 4) is 5.75 Å². The van der Waals surface area contributed by atoms with Crippen LogP contribution >= 0.6 is 0 Å². The molecule has 1 amide bonds. The van der Waals surface area contributed by atoms with Crippen molar-refractivity contribution >= 4 is 5.91 Å².